The summed E-state index contributed by atoms with van der Waals surface area (Å²) in [5, 5.41) is 12.9. The Balaban J connectivity index is 1.62. The van der Waals surface area contributed by atoms with Crippen LogP contribution in [0.2, 0.25) is 0 Å². The normalized spacial score (nSPS) is 17.1. The van der Waals surface area contributed by atoms with E-state index in [4.69, 9.17) is 0 Å². The zero-order valence-electron chi connectivity index (χ0n) is 16.1. The van der Waals surface area contributed by atoms with Gasteiger partial charge < -0.3 is 10.0 Å². The molecule has 3 nitrogen and oxygen atoms in total. The topological polar surface area (TPSA) is 47.8 Å². The molecule has 1 atom stereocenters. The van der Waals surface area contributed by atoms with Crippen molar-refractivity contribution in [3.63, 3.8) is 0 Å². The molecule has 0 bridgehead atoms. The smallest absolute Gasteiger partial charge is 0.0991 e. The Labute approximate surface area is 170 Å². The van der Waals surface area contributed by atoms with Crippen LogP contribution in [-0.4, -0.2) is 0 Å². The van der Waals surface area contributed by atoms with E-state index in [1.165, 1.54) is 16.0 Å². The zero-order valence-corrected chi connectivity index (χ0v) is 16.9. The average Bonchev–Trinajstić information content (AvgIpc) is 2.72. The number of hydrogen-bond acceptors (Lipinski definition) is 4. The summed E-state index contributed by atoms with van der Waals surface area (Å²) in [5.41, 5.74) is 5.42. The van der Waals surface area contributed by atoms with Gasteiger partial charge in [-0.05, 0) is 71.3 Å². The maximum Gasteiger partial charge on any atom is 0.0991 e. The molecule has 0 radical (unpaired) electrons. The molecule has 0 fully saturated rings. The molecule has 0 aliphatic carbocycles. The van der Waals surface area contributed by atoms with E-state index in [1.807, 2.05) is 36.4 Å². The summed E-state index contributed by atoms with van der Waals surface area (Å²) in [5.74, 6) is 0. The summed E-state index contributed by atoms with van der Waals surface area (Å²) in [6.45, 7) is 4.52. The second-order valence-electron chi connectivity index (χ2n) is 7.76. The molecule has 1 aliphatic heterocycles. The number of para-hydroxylation sites is 1. The molecule has 1 heterocycles. The van der Waals surface area contributed by atoms with Crippen molar-refractivity contribution in [3.8, 4) is 6.07 Å². The van der Waals surface area contributed by atoms with E-state index >= 15 is 0 Å². The van der Waals surface area contributed by atoms with Gasteiger partial charge >= 0.3 is 0 Å². The van der Waals surface area contributed by atoms with Crippen LogP contribution < -0.4 is 10.0 Å². The second kappa shape index (κ2) is 7.61. The molecule has 28 heavy (non-hydrogen) atoms. The van der Waals surface area contributed by atoms with Gasteiger partial charge in [-0.2, -0.15) is 5.26 Å². The molecule has 0 aromatic heterocycles. The van der Waals surface area contributed by atoms with E-state index in [2.05, 4.69) is 66.4 Å². The minimum atomic E-state index is -0.0161. The van der Waals surface area contributed by atoms with E-state index in [-0.39, 0.29) is 11.5 Å². The lowest BCUT2D eigenvalue weighted by Crippen LogP contribution is -2.31. The van der Waals surface area contributed by atoms with Gasteiger partial charge in [-0.25, -0.2) is 0 Å². The van der Waals surface area contributed by atoms with Crippen molar-refractivity contribution < 1.29 is 0 Å². The Hall–Kier alpha value is -2.90. The minimum absolute atomic E-state index is 0.0161. The number of fused-ring (bicyclic) bond motifs is 1. The fraction of sp³-hybridized carbons (Fsp3) is 0.208. The lowest BCUT2D eigenvalue weighted by molar-refractivity contribution is 0.428. The van der Waals surface area contributed by atoms with Crippen molar-refractivity contribution in [2.45, 2.75) is 36.6 Å². The molecule has 1 aliphatic rings. The predicted octanol–water partition coefficient (Wildman–Crippen LogP) is 6.51. The quantitative estimate of drug-likeness (QED) is 0.502. The maximum atomic E-state index is 9.25. The lowest BCUT2D eigenvalue weighted by Gasteiger charge is -2.39. The highest BCUT2D eigenvalue weighted by molar-refractivity contribution is 8.00. The summed E-state index contributed by atoms with van der Waals surface area (Å²) in [7, 11) is 0. The molecule has 4 heteroatoms. The third-order valence-corrected chi connectivity index (χ3v) is 6.11. The molecule has 0 amide bonds. The number of nitrogens with one attached hydrogen (secondary N) is 2. The van der Waals surface area contributed by atoms with Gasteiger partial charge in [-0.15, -0.1) is 0 Å². The van der Waals surface area contributed by atoms with Crippen LogP contribution in [0, 0.1) is 11.3 Å². The number of nitrogens with zero attached hydrogens (tertiary/aromatic N) is 1. The van der Waals surface area contributed by atoms with Crippen LogP contribution in [-0.2, 0) is 5.41 Å². The molecule has 1 unspecified atom stereocenters. The van der Waals surface area contributed by atoms with Gasteiger partial charge in [0.2, 0.25) is 0 Å². The minimum Gasteiger partial charge on any atom is -0.378 e. The van der Waals surface area contributed by atoms with Crippen molar-refractivity contribution in [1.29, 1.82) is 5.26 Å². The van der Waals surface area contributed by atoms with E-state index < -0.39 is 0 Å². The fourth-order valence-electron chi connectivity index (χ4n) is 3.84. The highest BCUT2D eigenvalue weighted by Gasteiger charge is 2.34. The van der Waals surface area contributed by atoms with Gasteiger partial charge in [0, 0.05) is 16.3 Å². The monoisotopic (exact) mass is 385 g/mol. The van der Waals surface area contributed by atoms with E-state index in [0.717, 1.165) is 17.8 Å². The Morgan fingerprint density at radius 1 is 1.04 bits per heavy atom. The second-order valence-corrected chi connectivity index (χ2v) is 8.64. The SMILES string of the molecule is CC1(C)CC(c2ccccc2NSc2ccccc2)Nc2ccc(C#N)cc21. The molecule has 3 aromatic carbocycles. The number of rotatable bonds is 4. The summed E-state index contributed by atoms with van der Waals surface area (Å²) >= 11 is 1.63. The summed E-state index contributed by atoms with van der Waals surface area (Å²) in [6.07, 6.45) is 0.962. The Morgan fingerprint density at radius 2 is 1.79 bits per heavy atom. The average molecular weight is 386 g/mol. The van der Waals surface area contributed by atoms with Crippen LogP contribution in [0.4, 0.5) is 11.4 Å². The molecular formula is C24H23N3S. The Bertz CT molecular complexity index is 1020. The highest BCUT2D eigenvalue weighted by Crippen LogP contribution is 2.45. The molecular weight excluding hydrogens is 362 g/mol. The Morgan fingerprint density at radius 3 is 2.57 bits per heavy atom. The van der Waals surface area contributed by atoms with Crippen LogP contribution in [0.3, 0.4) is 0 Å². The van der Waals surface area contributed by atoms with E-state index in [1.54, 1.807) is 11.9 Å². The number of nitriles is 1. The van der Waals surface area contributed by atoms with Gasteiger partial charge in [0.25, 0.3) is 0 Å². The van der Waals surface area contributed by atoms with Gasteiger partial charge in [0.15, 0.2) is 0 Å². The van der Waals surface area contributed by atoms with Crippen molar-refractivity contribution >= 4 is 23.3 Å². The number of anilines is 2. The first-order valence-electron chi connectivity index (χ1n) is 9.45. The highest BCUT2D eigenvalue weighted by atomic mass is 32.2. The lowest BCUT2D eigenvalue weighted by atomic mass is 9.73. The van der Waals surface area contributed by atoms with Crippen molar-refractivity contribution in [2.75, 3.05) is 10.0 Å². The third-order valence-electron chi connectivity index (χ3n) is 5.28. The third kappa shape index (κ3) is 3.72. The predicted molar refractivity (Wildman–Crippen MR) is 118 cm³/mol. The summed E-state index contributed by atoms with van der Waals surface area (Å²) < 4.78 is 3.53. The molecule has 0 spiro atoms. The van der Waals surface area contributed by atoms with Gasteiger partial charge in [-0.1, -0.05) is 50.2 Å². The molecule has 0 saturated carbocycles. The molecule has 0 saturated heterocycles. The van der Waals surface area contributed by atoms with Crippen LogP contribution in [0.15, 0.2) is 77.7 Å². The van der Waals surface area contributed by atoms with Crippen LogP contribution in [0.5, 0.6) is 0 Å². The van der Waals surface area contributed by atoms with Crippen LogP contribution >= 0.6 is 11.9 Å². The van der Waals surface area contributed by atoms with E-state index in [9.17, 15) is 5.26 Å². The van der Waals surface area contributed by atoms with Gasteiger partial charge in [0.05, 0.1) is 17.7 Å². The maximum absolute atomic E-state index is 9.25. The number of hydrogen-bond donors (Lipinski definition) is 2. The fourth-order valence-corrected chi connectivity index (χ4v) is 4.55. The summed E-state index contributed by atoms with van der Waals surface area (Å²) in [4.78, 5) is 1.18. The van der Waals surface area contributed by atoms with Gasteiger partial charge in [-0.3, -0.25) is 0 Å². The van der Waals surface area contributed by atoms with E-state index in [0.29, 0.717) is 5.56 Å². The van der Waals surface area contributed by atoms with Crippen LogP contribution in [0.25, 0.3) is 0 Å². The zero-order chi connectivity index (χ0) is 19.6. The molecule has 3 aromatic rings. The first-order chi connectivity index (χ1) is 13.6. The van der Waals surface area contributed by atoms with Gasteiger partial charge in [0.1, 0.15) is 0 Å². The standard InChI is InChI=1S/C24H23N3S/c1-24(2)15-23(26-22-13-12-17(16-25)14-20(22)24)19-10-6-7-11-21(19)27-28-18-8-4-3-5-9-18/h3-14,23,26-27H,15H2,1-2H3. The van der Waals surface area contributed by atoms with Crippen LogP contribution in [0.1, 0.15) is 43.0 Å². The first-order valence-corrected chi connectivity index (χ1v) is 10.3. The largest absolute Gasteiger partial charge is 0.378 e. The summed E-state index contributed by atoms with van der Waals surface area (Å²) in [6, 6.07) is 27.2. The molecule has 2 N–H and O–H groups in total. The molecule has 4 rings (SSSR count). The van der Waals surface area contributed by atoms with Crippen molar-refractivity contribution in [2.24, 2.45) is 0 Å². The van der Waals surface area contributed by atoms with Crippen molar-refractivity contribution in [3.05, 3.63) is 89.5 Å². The first kappa shape index (κ1) is 18.5. The Kier molecular flexibility index (Phi) is 5.02. The molecule has 140 valence electrons. The number of benzene rings is 3. The van der Waals surface area contributed by atoms with Crippen molar-refractivity contribution in [1.82, 2.24) is 0 Å².